The number of halogens is 1. The number of rotatable bonds is 6. The van der Waals surface area contributed by atoms with Crippen LogP contribution in [0.3, 0.4) is 0 Å². The number of amides is 1. The van der Waals surface area contributed by atoms with Crippen LogP contribution in [0.25, 0.3) is 11.0 Å². The summed E-state index contributed by atoms with van der Waals surface area (Å²) in [6.07, 6.45) is 3.00. The van der Waals surface area contributed by atoms with E-state index in [1.807, 2.05) is 13.0 Å². The molecule has 0 spiro atoms. The van der Waals surface area contributed by atoms with E-state index < -0.39 is 17.3 Å². The molecule has 1 aliphatic rings. The minimum atomic E-state index is -0.809. The zero-order chi connectivity index (χ0) is 20.8. The second-order valence-corrected chi connectivity index (χ2v) is 7.52. The zero-order valence-electron chi connectivity index (χ0n) is 16.5. The van der Waals surface area contributed by atoms with Gasteiger partial charge in [-0.3, -0.25) is 14.5 Å². The average molecular weight is 399 g/mol. The first kappa shape index (κ1) is 19.3. The molecule has 8 nitrogen and oxygen atoms in total. The lowest BCUT2D eigenvalue weighted by atomic mass is 10.2. The molecular weight excluding hydrogens is 377 g/mol. The van der Waals surface area contributed by atoms with Crippen molar-refractivity contribution in [2.24, 2.45) is 0 Å². The molecule has 0 aliphatic heterocycles. The summed E-state index contributed by atoms with van der Waals surface area (Å²) >= 11 is 0. The summed E-state index contributed by atoms with van der Waals surface area (Å²) in [7, 11) is 1.47. The number of aromatic nitrogens is 4. The van der Waals surface area contributed by atoms with E-state index in [2.05, 4.69) is 20.4 Å². The highest BCUT2D eigenvalue weighted by atomic mass is 19.1. The van der Waals surface area contributed by atoms with Crippen LogP contribution < -0.4 is 10.1 Å². The minimum Gasteiger partial charge on any atom is -0.481 e. The Hall–Kier alpha value is -3.07. The monoisotopic (exact) mass is 399 g/mol. The van der Waals surface area contributed by atoms with Gasteiger partial charge in [0.2, 0.25) is 5.88 Å². The fourth-order valence-corrected chi connectivity index (χ4v) is 3.13. The van der Waals surface area contributed by atoms with Crippen molar-refractivity contribution in [2.75, 3.05) is 13.7 Å². The van der Waals surface area contributed by atoms with Crippen LogP contribution in [-0.4, -0.2) is 50.0 Å². The first-order valence-electron chi connectivity index (χ1n) is 9.33. The first-order valence-corrected chi connectivity index (χ1v) is 9.33. The molecule has 3 heterocycles. The Bertz CT molecular complexity index is 1110. The molecule has 0 radical (unpaired) electrons. The Morgan fingerprint density at radius 2 is 2.14 bits per heavy atom. The van der Waals surface area contributed by atoms with Crippen LogP contribution in [-0.2, 0) is 6.54 Å². The number of aliphatic hydroxyl groups is 1. The van der Waals surface area contributed by atoms with Gasteiger partial charge >= 0.3 is 0 Å². The number of nitrogens with zero attached hydrogens (tertiary/aromatic N) is 4. The zero-order valence-corrected chi connectivity index (χ0v) is 16.5. The van der Waals surface area contributed by atoms with E-state index in [1.165, 1.54) is 13.2 Å². The maximum Gasteiger partial charge on any atom is 0.274 e. The van der Waals surface area contributed by atoms with Gasteiger partial charge in [0.25, 0.3) is 5.91 Å². The highest BCUT2D eigenvalue weighted by molar-refractivity contribution is 6.03. The highest BCUT2D eigenvalue weighted by Gasteiger charge is 2.40. The highest BCUT2D eigenvalue weighted by Crippen LogP contribution is 2.34. The number of aryl methyl sites for hydroxylation is 2. The van der Waals surface area contributed by atoms with Crippen LogP contribution in [0, 0.1) is 19.7 Å². The summed E-state index contributed by atoms with van der Waals surface area (Å²) in [5.41, 5.74) is 2.07. The Morgan fingerprint density at radius 1 is 1.38 bits per heavy atom. The number of pyridine rings is 2. The van der Waals surface area contributed by atoms with Gasteiger partial charge in [-0.25, -0.2) is 9.37 Å². The van der Waals surface area contributed by atoms with Gasteiger partial charge in [-0.15, -0.1) is 0 Å². The van der Waals surface area contributed by atoms with Crippen LogP contribution >= 0.6 is 0 Å². The van der Waals surface area contributed by atoms with Crippen molar-refractivity contribution in [3.8, 4) is 5.88 Å². The van der Waals surface area contributed by atoms with Crippen molar-refractivity contribution in [3.63, 3.8) is 0 Å². The molecule has 0 unspecified atom stereocenters. The van der Waals surface area contributed by atoms with Crippen LogP contribution in [0.2, 0.25) is 0 Å². The van der Waals surface area contributed by atoms with Gasteiger partial charge in [-0.05, 0) is 44.4 Å². The third-order valence-electron chi connectivity index (χ3n) is 5.05. The van der Waals surface area contributed by atoms with E-state index in [0.717, 1.165) is 5.56 Å². The molecule has 4 rings (SSSR count). The van der Waals surface area contributed by atoms with Crippen LogP contribution in [0.15, 0.2) is 18.3 Å². The number of ether oxygens (including phenoxy) is 1. The fourth-order valence-electron chi connectivity index (χ4n) is 3.13. The van der Waals surface area contributed by atoms with Gasteiger partial charge in [0.15, 0.2) is 5.69 Å². The summed E-state index contributed by atoms with van der Waals surface area (Å²) in [5.74, 6) is -0.553. The predicted molar refractivity (Wildman–Crippen MR) is 103 cm³/mol. The lowest BCUT2D eigenvalue weighted by Crippen LogP contribution is -2.33. The minimum absolute atomic E-state index is 0.156. The van der Waals surface area contributed by atoms with Crippen molar-refractivity contribution in [2.45, 2.75) is 38.8 Å². The number of carbonyl (C=O) groups excluding carboxylic acids is 1. The molecule has 1 amide bonds. The van der Waals surface area contributed by atoms with Crippen LogP contribution in [0.5, 0.6) is 5.88 Å². The molecule has 3 aromatic heterocycles. The molecule has 1 aliphatic carbocycles. The normalized spacial score (nSPS) is 14.8. The summed E-state index contributed by atoms with van der Waals surface area (Å²) in [6, 6.07) is 3.23. The molecular formula is C20H22FN5O3. The number of methoxy groups -OCH3 is 1. The lowest BCUT2D eigenvalue weighted by molar-refractivity contribution is 0.0892. The smallest absolute Gasteiger partial charge is 0.274 e. The summed E-state index contributed by atoms with van der Waals surface area (Å²) in [4.78, 5) is 21.2. The van der Waals surface area contributed by atoms with Crippen molar-refractivity contribution in [1.82, 2.24) is 25.1 Å². The lowest BCUT2D eigenvalue weighted by Gasteiger charge is -2.10. The number of hydrogen-bond donors (Lipinski definition) is 2. The van der Waals surface area contributed by atoms with E-state index in [9.17, 15) is 14.3 Å². The van der Waals surface area contributed by atoms with E-state index in [0.29, 0.717) is 35.3 Å². The molecule has 0 atom stereocenters. The summed E-state index contributed by atoms with van der Waals surface area (Å²) in [6.45, 7) is 3.79. The predicted octanol–water partition coefficient (Wildman–Crippen LogP) is 1.89. The van der Waals surface area contributed by atoms with E-state index in [-0.39, 0.29) is 24.5 Å². The summed E-state index contributed by atoms with van der Waals surface area (Å²) in [5, 5.41) is 17.1. The molecule has 0 aromatic carbocycles. The third-order valence-corrected chi connectivity index (χ3v) is 5.05. The van der Waals surface area contributed by atoms with Crippen molar-refractivity contribution in [3.05, 3.63) is 46.7 Å². The number of nitrogens with one attached hydrogen (secondary N) is 1. The van der Waals surface area contributed by atoms with Gasteiger partial charge in [-0.1, -0.05) is 0 Å². The Balaban J connectivity index is 1.72. The van der Waals surface area contributed by atoms with Gasteiger partial charge < -0.3 is 15.2 Å². The van der Waals surface area contributed by atoms with Crippen molar-refractivity contribution >= 4 is 16.9 Å². The molecule has 3 aromatic rings. The first-order chi connectivity index (χ1) is 13.8. The molecule has 29 heavy (non-hydrogen) atoms. The number of hydrogen-bond acceptors (Lipinski definition) is 6. The fraction of sp³-hybridized carbons (Fsp3) is 0.400. The van der Waals surface area contributed by atoms with E-state index in [1.54, 1.807) is 17.8 Å². The molecule has 9 heteroatoms. The maximum absolute atomic E-state index is 14.1. The van der Waals surface area contributed by atoms with E-state index in [4.69, 9.17) is 4.74 Å². The van der Waals surface area contributed by atoms with Crippen LogP contribution in [0.1, 0.15) is 40.2 Å². The molecule has 2 N–H and O–H groups in total. The second kappa shape index (κ2) is 7.07. The SMILES string of the molecule is COc1nc(C)c(F)cc1Cn1nc(C(=O)NCC2(O)CC2)c2ncc(C)cc21. The van der Waals surface area contributed by atoms with Gasteiger partial charge in [-0.2, -0.15) is 5.10 Å². The van der Waals surface area contributed by atoms with Gasteiger partial charge in [0.05, 0.1) is 30.5 Å². The molecule has 0 saturated heterocycles. The second-order valence-electron chi connectivity index (χ2n) is 7.52. The van der Waals surface area contributed by atoms with Crippen molar-refractivity contribution < 1.29 is 19.0 Å². The average Bonchev–Trinajstić information content (AvgIpc) is 3.33. The number of fused-ring (bicyclic) bond motifs is 1. The Labute approximate surface area is 166 Å². The molecule has 1 saturated carbocycles. The van der Waals surface area contributed by atoms with Gasteiger partial charge in [0.1, 0.15) is 11.3 Å². The summed E-state index contributed by atoms with van der Waals surface area (Å²) < 4.78 is 21.0. The van der Waals surface area contributed by atoms with Crippen LogP contribution in [0.4, 0.5) is 4.39 Å². The molecule has 1 fully saturated rings. The largest absolute Gasteiger partial charge is 0.481 e. The Kier molecular flexibility index (Phi) is 4.70. The maximum atomic E-state index is 14.1. The molecule has 0 bridgehead atoms. The quantitative estimate of drug-likeness (QED) is 0.656. The van der Waals surface area contributed by atoms with Gasteiger partial charge in [0, 0.05) is 18.3 Å². The third kappa shape index (κ3) is 3.77. The standard InChI is InChI=1S/C20H22FN5O3/c1-11-6-15-16(22-8-11)17(18(27)23-10-20(28)4-5-20)25-26(15)9-13-7-14(21)12(2)24-19(13)29-3/h6-8,28H,4-5,9-10H2,1-3H3,(H,23,27). The number of carbonyl (C=O) groups is 1. The van der Waals surface area contributed by atoms with E-state index >= 15 is 0 Å². The topological polar surface area (TPSA) is 102 Å². The Morgan fingerprint density at radius 3 is 2.83 bits per heavy atom. The molecule has 152 valence electrons. The van der Waals surface area contributed by atoms with Crippen molar-refractivity contribution in [1.29, 1.82) is 0 Å².